The maximum absolute atomic E-state index is 12.6. The van der Waals surface area contributed by atoms with Crippen LogP contribution in [0, 0.1) is 6.92 Å². The first kappa shape index (κ1) is 17.0. The average Bonchev–Trinajstić information content (AvgIpc) is 3.00. The summed E-state index contributed by atoms with van der Waals surface area (Å²) in [5.41, 5.74) is 4.71. The van der Waals surface area contributed by atoms with Crippen molar-refractivity contribution in [3.05, 3.63) is 83.7 Å². The van der Waals surface area contributed by atoms with Gasteiger partial charge in [-0.25, -0.2) is 4.79 Å². The number of aromatic nitrogens is 1. The highest BCUT2D eigenvalue weighted by Crippen LogP contribution is 2.32. The number of benzene rings is 2. The minimum Gasteiger partial charge on any atom is -0.462 e. The van der Waals surface area contributed by atoms with Gasteiger partial charge < -0.3 is 9.30 Å². The van der Waals surface area contributed by atoms with E-state index in [2.05, 4.69) is 29.8 Å². The number of carbonyl (C=O) groups excluding carboxylic acids is 1. The SMILES string of the molecule is CCOC(=O)c1c(-c2ccccc2)cn([C@H](C)c2ccccc2)c1C. The van der Waals surface area contributed by atoms with Gasteiger partial charge in [0.05, 0.1) is 18.2 Å². The number of ether oxygens (including phenoxy) is 1. The molecule has 3 heteroatoms. The zero-order valence-electron chi connectivity index (χ0n) is 14.9. The highest BCUT2D eigenvalue weighted by atomic mass is 16.5. The molecule has 0 aliphatic carbocycles. The van der Waals surface area contributed by atoms with Crippen LogP contribution in [-0.4, -0.2) is 17.1 Å². The fraction of sp³-hybridized carbons (Fsp3) is 0.227. The number of hydrogen-bond donors (Lipinski definition) is 0. The average molecular weight is 333 g/mol. The minimum absolute atomic E-state index is 0.131. The van der Waals surface area contributed by atoms with Crippen LogP contribution in [0.25, 0.3) is 11.1 Å². The Labute approximate surface area is 148 Å². The van der Waals surface area contributed by atoms with Gasteiger partial charge in [0.1, 0.15) is 0 Å². The van der Waals surface area contributed by atoms with Gasteiger partial charge in [-0.15, -0.1) is 0 Å². The van der Waals surface area contributed by atoms with E-state index in [1.165, 1.54) is 5.56 Å². The Bertz CT molecular complexity index is 850. The molecule has 0 fully saturated rings. The Kier molecular flexibility index (Phi) is 5.03. The van der Waals surface area contributed by atoms with E-state index >= 15 is 0 Å². The zero-order valence-corrected chi connectivity index (χ0v) is 14.9. The molecule has 0 saturated carbocycles. The van der Waals surface area contributed by atoms with Crippen molar-refractivity contribution in [3.8, 4) is 11.1 Å². The molecule has 0 amide bonds. The molecule has 0 saturated heterocycles. The van der Waals surface area contributed by atoms with Crippen LogP contribution < -0.4 is 0 Å². The third-order valence-electron chi connectivity index (χ3n) is 4.55. The smallest absolute Gasteiger partial charge is 0.340 e. The second-order valence-electron chi connectivity index (χ2n) is 6.08. The number of rotatable bonds is 5. The molecule has 0 bridgehead atoms. The van der Waals surface area contributed by atoms with Gasteiger partial charge in [-0.05, 0) is 31.9 Å². The van der Waals surface area contributed by atoms with Gasteiger partial charge in [0, 0.05) is 17.5 Å². The highest BCUT2D eigenvalue weighted by molar-refractivity contribution is 5.98. The molecular weight excluding hydrogens is 310 g/mol. The zero-order chi connectivity index (χ0) is 17.8. The van der Waals surface area contributed by atoms with Gasteiger partial charge >= 0.3 is 5.97 Å². The van der Waals surface area contributed by atoms with Crippen LogP contribution in [0.4, 0.5) is 0 Å². The van der Waals surface area contributed by atoms with E-state index in [4.69, 9.17) is 4.74 Å². The van der Waals surface area contributed by atoms with Gasteiger partial charge in [0.25, 0.3) is 0 Å². The summed E-state index contributed by atoms with van der Waals surface area (Å²) in [6.45, 7) is 6.33. The van der Waals surface area contributed by atoms with Crippen molar-refractivity contribution < 1.29 is 9.53 Å². The van der Waals surface area contributed by atoms with Crippen LogP contribution in [0.2, 0.25) is 0 Å². The summed E-state index contributed by atoms with van der Waals surface area (Å²) >= 11 is 0. The quantitative estimate of drug-likeness (QED) is 0.597. The normalized spacial score (nSPS) is 12.0. The molecule has 1 atom stereocenters. The fourth-order valence-electron chi connectivity index (χ4n) is 3.22. The molecule has 2 aromatic carbocycles. The van der Waals surface area contributed by atoms with Gasteiger partial charge in [-0.3, -0.25) is 0 Å². The number of carbonyl (C=O) groups is 1. The predicted molar refractivity (Wildman–Crippen MR) is 101 cm³/mol. The second-order valence-corrected chi connectivity index (χ2v) is 6.08. The Balaban J connectivity index is 2.13. The van der Waals surface area contributed by atoms with Crippen molar-refractivity contribution in [1.82, 2.24) is 4.57 Å². The molecule has 3 rings (SSSR count). The lowest BCUT2D eigenvalue weighted by Crippen LogP contribution is -2.11. The summed E-state index contributed by atoms with van der Waals surface area (Å²) in [4.78, 5) is 12.6. The molecule has 0 N–H and O–H groups in total. The van der Waals surface area contributed by atoms with Crippen LogP contribution in [0.5, 0.6) is 0 Å². The highest BCUT2D eigenvalue weighted by Gasteiger charge is 2.23. The molecule has 0 spiro atoms. The van der Waals surface area contributed by atoms with E-state index in [1.54, 1.807) is 0 Å². The van der Waals surface area contributed by atoms with Crippen LogP contribution in [-0.2, 0) is 4.74 Å². The summed E-state index contributed by atoms with van der Waals surface area (Å²) in [6.07, 6.45) is 2.06. The molecule has 0 aliphatic rings. The van der Waals surface area contributed by atoms with Crippen molar-refractivity contribution >= 4 is 5.97 Å². The summed E-state index contributed by atoms with van der Waals surface area (Å²) < 4.78 is 7.47. The lowest BCUT2D eigenvalue weighted by molar-refractivity contribution is 0.0526. The number of esters is 1. The molecule has 0 radical (unpaired) electrons. The first-order valence-electron chi connectivity index (χ1n) is 8.62. The summed E-state index contributed by atoms with van der Waals surface area (Å²) in [6, 6.07) is 20.4. The molecule has 25 heavy (non-hydrogen) atoms. The summed E-state index contributed by atoms with van der Waals surface area (Å²) in [5, 5.41) is 0. The van der Waals surface area contributed by atoms with Crippen LogP contribution >= 0.6 is 0 Å². The first-order valence-corrected chi connectivity index (χ1v) is 8.62. The fourth-order valence-corrected chi connectivity index (χ4v) is 3.22. The van der Waals surface area contributed by atoms with Crippen molar-refractivity contribution in [1.29, 1.82) is 0 Å². The van der Waals surface area contributed by atoms with E-state index in [0.29, 0.717) is 12.2 Å². The largest absolute Gasteiger partial charge is 0.462 e. The van der Waals surface area contributed by atoms with E-state index < -0.39 is 0 Å². The van der Waals surface area contributed by atoms with E-state index in [9.17, 15) is 4.79 Å². The number of nitrogens with zero attached hydrogens (tertiary/aromatic N) is 1. The third-order valence-corrected chi connectivity index (χ3v) is 4.55. The van der Waals surface area contributed by atoms with Crippen LogP contribution in [0.1, 0.15) is 41.5 Å². The lowest BCUT2D eigenvalue weighted by Gasteiger charge is -2.16. The number of hydrogen-bond acceptors (Lipinski definition) is 2. The molecule has 1 aromatic heterocycles. The van der Waals surface area contributed by atoms with Crippen molar-refractivity contribution in [2.45, 2.75) is 26.8 Å². The van der Waals surface area contributed by atoms with E-state index in [1.807, 2.05) is 62.4 Å². The van der Waals surface area contributed by atoms with Crippen molar-refractivity contribution in [2.75, 3.05) is 6.61 Å². The van der Waals surface area contributed by atoms with Gasteiger partial charge in [0.15, 0.2) is 0 Å². The Morgan fingerprint density at radius 2 is 1.64 bits per heavy atom. The molecular formula is C22H23NO2. The Morgan fingerprint density at radius 3 is 2.24 bits per heavy atom. The van der Waals surface area contributed by atoms with Crippen molar-refractivity contribution in [3.63, 3.8) is 0 Å². The Hall–Kier alpha value is -2.81. The summed E-state index contributed by atoms with van der Waals surface area (Å²) in [5.74, 6) is -0.266. The Morgan fingerprint density at radius 1 is 1.04 bits per heavy atom. The monoisotopic (exact) mass is 333 g/mol. The molecule has 3 nitrogen and oxygen atoms in total. The van der Waals surface area contributed by atoms with Gasteiger partial charge in [-0.2, -0.15) is 0 Å². The second kappa shape index (κ2) is 7.39. The van der Waals surface area contributed by atoms with Crippen LogP contribution in [0.15, 0.2) is 66.9 Å². The third kappa shape index (κ3) is 3.36. The van der Waals surface area contributed by atoms with Crippen molar-refractivity contribution in [2.24, 2.45) is 0 Å². The maximum atomic E-state index is 12.6. The molecule has 1 heterocycles. The first-order chi connectivity index (χ1) is 12.1. The van der Waals surface area contributed by atoms with E-state index in [0.717, 1.165) is 16.8 Å². The lowest BCUT2D eigenvalue weighted by atomic mass is 10.0. The van der Waals surface area contributed by atoms with Crippen LogP contribution in [0.3, 0.4) is 0 Å². The molecule has 0 aliphatic heterocycles. The molecule has 128 valence electrons. The maximum Gasteiger partial charge on any atom is 0.340 e. The molecule has 3 aromatic rings. The minimum atomic E-state index is -0.266. The molecule has 0 unspecified atom stereocenters. The van der Waals surface area contributed by atoms with Gasteiger partial charge in [0.2, 0.25) is 0 Å². The van der Waals surface area contributed by atoms with Gasteiger partial charge in [-0.1, -0.05) is 60.7 Å². The summed E-state index contributed by atoms with van der Waals surface area (Å²) in [7, 11) is 0. The van der Waals surface area contributed by atoms with E-state index in [-0.39, 0.29) is 12.0 Å². The predicted octanol–water partition coefficient (Wildman–Crippen LogP) is 5.25. The topological polar surface area (TPSA) is 31.2 Å². The standard InChI is InChI=1S/C22H23NO2/c1-4-25-22(24)21-17(3)23(16(2)18-11-7-5-8-12-18)15-20(21)19-13-9-6-10-14-19/h5-16H,4H2,1-3H3/t16-/m1/s1.